The largest absolute Gasteiger partial charge is 0.351 e. The van der Waals surface area contributed by atoms with Gasteiger partial charge in [0.25, 0.3) is 0 Å². The molecule has 1 aromatic carbocycles. The first-order valence-corrected chi connectivity index (χ1v) is 9.89. The summed E-state index contributed by atoms with van der Waals surface area (Å²) in [6.45, 7) is 4.48. The Labute approximate surface area is 160 Å². The van der Waals surface area contributed by atoms with E-state index < -0.39 is 6.04 Å². The van der Waals surface area contributed by atoms with Crippen LogP contribution in [0.15, 0.2) is 42.6 Å². The zero-order valence-electron chi connectivity index (χ0n) is 16.0. The maximum absolute atomic E-state index is 13.4. The van der Waals surface area contributed by atoms with Gasteiger partial charge in [-0.3, -0.25) is 14.5 Å². The maximum atomic E-state index is 13.4. The Morgan fingerprint density at radius 1 is 1.11 bits per heavy atom. The molecule has 2 aromatic rings. The number of aromatic nitrogens is 1. The molecule has 1 aliphatic heterocycles. The van der Waals surface area contributed by atoms with E-state index in [-0.39, 0.29) is 24.4 Å². The summed E-state index contributed by atoms with van der Waals surface area (Å²) in [7, 11) is 0. The standard InChI is InChI=1S/C22H27N3O2/c1-15-9-11-17(12-10-15)25-20(26)14-24-13-5-8-19(24)21(25)22(27)23-18-7-4-3-6-16(18)2/h5,8-13,16,18,21H,3-4,6-7,14H2,1-2H3,(H,23,27)/t16-,18-,21-/m1/s1. The molecule has 0 bridgehead atoms. The summed E-state index contributed by atoms with van der Waals surface area (Å²) in [5.74, 6) is 0.336. The van der Waals surface area contributed by atoms with Crippen LogP contribution in [-0.2, 0) is 16.1 Å². The van der Waals surface area contributed by atoms with Crippen LogP contribution in [0.5, 0.6) is 0 Å². The third kappa shape index (κ3) is 3.38. The van der Waals surface area contributed by atoms with Crippen LogP contribution in [0.25, 0.3) is 0 Å². The lowest BCUT2D eigenvalue weighted by Crippen LogP contribution is -2.52. The minimum absolute atomic E-state index is 0.0561. The average Bonchev–Trinajstić information content (AvgIpc) is 3.11. The molecule has 0 saturated heterocycles. The molecule has 3 atom stereocenters. The molecule has 0 spiro atoms. The van der Waals surface area contributed by atoms with Crippen molar-refractivity contribution in [1.82, 2.24) is 9.88 Å². The van der Waals surface area contributed by atoms with E-state index in [1.807, 2.05) is 54.1 Å². The lowest BCUT2D eigenvalue weighted by atomic mass is 9.85. The van der Waals surface area contributed by atoms with Gasteiger partial charge in [-0.25, -0.2) is 0 Å². The van der Waals surface area contributed by atoms with Gasteiger partial charge in [-0.2, -0.15) is 0 Å². The fourth-order valence-electron chi connectivity index (χ4n) is 4.36. The van der Waals surface area contributed by atoms with Gasteiger partial charge in [0.1, 0.15) is 6.54 Å². The summed E-state index contributed by atoms with van der Waals surface area (Å²) in [5.41, 5.74) is 2.77. The molecular weight excluding hydrogens is 338 g/mol. The summed E-state index contributed by atoms with van der Waals surface area (Å²) in [5, 5.41) is 3.25. The van der Waals surface area contributed by atoms with Gasteiger partial charge in [0.05, 0.1) is 5.69 Å². The van der Waals surface area contributed by atoms with Crippen molar-refractivity contribution in [2.75, 3.05) is 4.90 Å². The number of carbonyl (C=O) groups is 2. The zero-order chi connectivity index (χ0) is 19.0. The van der Waals surface area contributed by atoms with Gasteiger partial charge in [0, 0.05) is 17.9 Å². The highest BCUT2D eigenvalue weighted by molar-refractivity contribution is 6.02. The molecule has 2 aliphatic rings. The molecule has 0 radical (unpaired) electrons. The van der Waals surface area contributed by atoms with Crippen LogP contribution in [0.2, 0.25) is 0 Å². The molecule has 1 fully saturated rings. The van der Waals surface area contributed by atoms with Crippen molar-refractivity contribution in [3.8, 4) is 0 Å². The number of hydrogen-bond donors (Lipinski definition) is 1. The minimum Gasteiger partial charge on any atom is -0.351 e. The first-order valence-electron chi connectivity index (χ1n) is 9.89. The Hall–Kier alpha value is -2.56. The number of fused-ring (bicyclic) bond motifs is 1. The quantitative estimate of drug-likeness (QED) is 0.904. The molecule has 5 nitrogen and oxygen atoms in total. The molecule has 1 aliphatic carbocycles. The predicted octanol–water partition coefficient (Wildman–Crippen LogP) is 3.58. The topological polar surface area (TPSA) is 54.3 Å². The monoisotopic (exact) mass is 365 g/mol. The number of rotatable bonds is 3. The normalized spacial score (nSPS) is 25.2. The van der Waals surface area contributed by atoms with E-state index in [0.29, 0.717) is 5.92 Å². The molecule has 1 saturated carbocycles. The van der Waals surface area contributed by atoms with E-state index in [1.54, 1.807) is 4.90 Å². The smallest absolute Gasteiger partial charge is 0.249 e. The Bertz CT molecular complexity index is 839. The molecule has 0 unspecified atom stereocenters. The number of anilines is 1. The van der Waals surface area contributed by atoms with Crippen LogP contribution >= 0.6 is 0 Å². The summed E-state index contributed by atoms with van der Waals surface area (Å²) in [6, 6.07) is 11.2. The number of nitrogens with zero attached hydrogens (tertiary/aromatic N) is 2. The zero-order valence-corrected chi connectivity index (χ0v) is 16.0. The van der Waals surface area contributed by atoms with E-state index in [0.717, 1.165) is 36.2 Å². The fourth-order valence-corrected chi connectivity index (χ4v) is 4.36. The van der Waals surface area contributed by atoms with Gasteiger partial charge < -0.3 is 9.88 Å². The minimum atomic E-state index is -0.627. The summed E-state index contributed by atoms with van der Waals surface area (Å²) in [4.78, 5) is 28.0. The van der Waals surface area contributed by atoms with Crippen LogP contribution in [0.4, 0.5) is 5.69 Å². The lowest BCUT2D eigenvalue weighted by Gasteiger charge is -2.38. The number of benzene rings is 1. The molecule has 1 N–H and O–H groups in total. The van der Waals surface area contributed by atoms with Gasteiger partial charge in [-0.15, -0.1) is 0 Å². The highest BCUT2D eigenvalue weighted by Crippen LogP contribution is 2.33. The Morgan fingerprint density at radius 3 is 2.59 bits per heavy atom. The van der Waals surface area contributed by atoms with Crippen LogP contribution in [0, 0.1) is 12.8 Å². The van der Waals surface area contributed by atoms with Crippen LogP contribution in [-0.4, -0.2) is 22.4 Å². The molecular formula is C22H27N3O2. The molecule has 2 heterocycles. The van der Waals surface area contributed by atoms with Gasteiger partial charge >= 0.3 is 0 Å². The Kier molecular flexibility index (Phi) is 4.77. The highest BCUT2D eigenvalue weighted by Gasteiger charge is 2.39. The van der Waals surface area contributed by atoms with Gasteiger partial charge in [-0.05, 0) is 49.9 Å². The van der Waals surface area contributed by atoms with Crippen LogP contribution in [0.1, 0.15) is 49.9 Å². The number of carbonyl (C=O) groups excluding carboxylic acids is 2. The van der Waals surface area contributed by atoms with E-state index in [2.05, 4.69) is 12.2 Å². The molecule has 2 amide bonds. The van der Waals surface area contributed by atoms with Crippen molar-refractivity contribution in [2.45, 2.75) is 58.2 Å². The van der Waals surface area contributed by atoms with Crippen molar-refractivity contribution < 1.29 is 9.59 Å². The Morgan fingerprint density at radius 2 is 1.85 bits per heavy atom. The predicted molar refractivity (Wildman–Crippen MR) is 105 cm³/mol. The number of nitrogens with one attached hydrogen (secondary N) is 1. The first kappa shape index (κ1) is 17.8. The first-order chi connectivity index (χ1) is 13.0. The van der Waals surface area contributed by atoms with Crippen LogP contribution in [0.3, 0.4) is 0 Å². The van der Waals surface area contributed by atoms with Crippen molar-refractivity contribution >= 4 is 17.5 Å². The fraction of sp³-hybridized carbons (Fsp3) is 0.455. The van der Waals surface area contributed by atoms with Crippen molar-refractivity contribution in [3.05, 3.63) is 53.9 Å². The molecule has 27 heavy (non-hydrogen) atoms. The third-order valence-corrected chi connectivity index (χ3v) is 5.98. The number of amides is 2. The molecule has 4 rings (SSSR count). The second-order valence-electron chi connectivity index (χ2n) is 7.94. The SMILES string of the molecule is Cc1ccc(N2C(=O)Cn3cccc3[C@@H]2C(=O)N[C@@H]2CCCC[C@H]2C)cc1. The van der Waals surface area contributed by atoms with Gasteiger partial charge in [-0.1, -0.05) is 37.5 Å². The van der Waals surface area contributed by atoms with Crippen molar-refractivity contribution in [1.29, 1.82) is 0 Å². The van der Waals surface area contributed by atoms with E-state index in [1.165, 1.54) is 6.42 Å². The van der Waals surface area contributed by atoms with Gasteiger partial charge in [0.15, 0.2) is 6.04 Å². The molecule has 1 aromatic heterocycles. The number of hydrogen-bond acceptors (Lipinski definition) is 2. The third-order valence-electron chi connectivity index (χ3n) is 5.98. The maximum Gasteiger partial charge on any atom is 0.249 e. The summed E-state index contributed by atoms with van der Waals surface area (Å²) in [6.07, 6.45) is 6.42. The van der Waals surface area contributed by atoms with E-state index in [9.17, 15) is 9.59 Å². The van der Waals surface area contributed by atoms with Crippen LogP contribution < -0.4 is 10.2 Å². The summed E-state index contributed by atoms with van der Waals surface area (Å²) >= 11 is 0. The van der Waals surface area contributed by atoms with E-state index in [4.69, 9.17) is 0 Å². The van der Waals surface area contributed by atoms with E-state index >= 15 is 0 Å². The Balaban J connectivity index is 1.68. The molecule has 5 heteroatoms. The second-order valence-corrected chi connectivity index (χ2v) is 7.94. The van der Waals surface area contributed by atoms with Crippen molar-refractivity contribution in [3.63, 3.8) is 0 Å². The van der Waals surface area contributed by atoms with Gasteiger partial charge in [0.2, 0.25) is 11.8 Å². The second kappa shape index (κ2) is 7.22. The summed E-state index contributed by atoms with van der Waals surface area (Å²) < 4.78 is 1.89. The number of aryl methyl sites for hydroxylation is 1. The average molecular weight is 365 g/mol. The lowest BCUT2D eigenvalue weighted by molar-refractivity contribution is -0.129. The van der Waals surface area contributed by atoms with Crippen molar-refractivity contribution in [2.24, 2.45) is 5.92 Å². The molecule has 142 valence electrons. The highest BCUT2D eigenvalue weighted by atomic mass is 16.2.